The van der Waals surface area contributed by atoms with Gasteiger partial charge in [0.05, 0.1) is 10.6 Å². The van der Waals surface area contributed by atoms with Crippen molar-refractivity contribution in [2.75, 3.05) is 4.72 Å². The zero-order valence-electron chi connectivity index (χ0n) is 11.3. The third-order valence-electron chi connectivity index (χ3n) is 2.70. The molecule has 5 nitrogen and oxygen atoms in total. The number of nitrogens with zero attached hydrogens (tertiary/aromatic N) is 2. The second-order valence-corrected chi connectivity index (χ2v) is 6.57. The molecule has 0 atom stereocenters. The topological polar surface area (TPSA) is 64.0 Å². The van der Waals surface area contributed by atoms with E-state index in [-0.39, 0.29) is 4.90 Å². The molecule has 2 aromatic rings. The van der Waals surface area contributed by atoms with E-state index in [2.05, 4.69) is 9.82 Å². The zero-order valence-corrected chi connectivity index (χ0v) is 12.9. The molecule has 0 aliphatic carbocycles. The van der Waals surface area contributed by atoms with Gasteiger partial charge >= 0.3 is 0 Å². The van der Waals surface area contributed by atoms with Crippen LogP contribution in [0.3, 0.4) is 0 Å². The minimum Gasteiger partial charge on any atom is -0.264 e. The van der Waals surface area contributed by atoms with Crippen LogP contribution in [0.25, 0.3) is 0 Å². The van der Waals surface area contributed by atoms with E-state index < -0.39 is 10.0 Å². The van der Waals surface area contributed by atoms with E-state index in [0.717, 1.165) is 12.1 Å². The molecular weight excluding hydrogens is 298 g/mol. The summed E-state index contributed by atoms with van der Waals surface area (Å²) in [7, 11) is -3.63. The standard InChI is InChI=1S/C13H16ClN3O2S/c1-3-8-17-13(9-10(2)15-17)16-20(18,19)12-6-4-11(14)5-7-12/h4-7,9,16H,3,8H2,1-2H3. The van der Waals surface area contributed by atoms with Crippen molar-refractivity contribution in [2.24, 2.45) is 0 Å². The van der Waals surface area contributed by atoms with Crippen LogP contribution in [0.5, 0.6) is 0 Å². The van der Waals surface area contributed by atoms with Crippen molar-refractivity contribution in [1.29, 1.82) is 0 Å². The maximum atomic E-state index is 12.3. The van der Waals surface area contributed by atoms with E-state index >= 15 is 0 Å². The molecule has 108 valence electrons. The van der Waals surface area contributed by atoms with Crippen LogP contribution in [-0.4, -0.2) is 18.2 Å². The highest BCUT2D eigenvalue weighted by Crippen LogP contribution is 2.19. The molecule has 7 heteroatoms. The average Bonchev–Trinajstić information content (AvgIpc) is 2.70. The lowest BCUT2D eigenvalue weighted by Crippen LogP contribution is -2.16. The number of aryl methyl sites for hydroxylation is 2. The van der Waals surface area contributed by atoms with Gasteiger partial charge in [0.2, 0.25) is 0 Å². The fourth-order valence-corrected chi connectivity index (χ4v) is 3.00. The summed E-state index contributed by atoms with van der Waals surface area (Å²) in [5.74, 6) is 0.472. The van der Waals surface area contributed by atoms with Gasteiger partial charge < -0.3 is 0 Å². The number of hydrogen-bond acceptors (Lipinski definition) is 3. The Morgan fingerprint density at radius 3 is 2.55 bits per heavy atom. The highest BCUT2D eigenvalue weighted by atomic mass is 35.5. The molecular formula is C13H16ClN3O2S. The lowest BCUT2D eigenvalue weighted by molar-refractivity contribution is 0.592. The molecule has 1 N–H and O–H groups in total. The van der Waals surface area contributed by atoms with E-state index in [4.69, 9.17) is 11.6 Å². The zero-order chi connectivity index (χ0) is 14.8. The number of anilines is 1. The molecule has 1 heterocycles. The molecule has 1 aromatic carbocycles. The van der Waals surface area contributed by atoms with Gasteiger partial charge in [0, 0.05) is 17.6 Å². The van der Waals surface area contributed by atoms with Gasteiger partial charge in [0.1, 0.15) is 5.82 Å². The van der Waals surface area contributed by atoms with Crippen molar-refractivity contribution in [3.8, 4) is 0 Å². The van der Waals surface area contributed by atoms with E-state index in [0.29, 0.717) is 17.4 Å². The van der Waals surface area contributed by atoms with Gasteiger partial charge in [0.25, 0.3) is 10.0 Å². The van der Waals surface area contributed by atoms with Crippen LogP contribution in [0, 0.1) is 6.92 Å². The Bertz CT molecular complexity index is 693. The first-order chi connectivity index (χ1) is 9.42. The van der Waals surface area contributed by atoms with Crippen LogP contribution in [0.15, 0.2) is 35.2 Å². The molecule has 0 aliphatic heterocycles. The van der Waals surface area contributed by atoms with Crippen LogP contribution < -0.4 is 4.72 Å². The summed E-state index contributed by atoms with van der Waals surface area (Å²) >= 11 is 5.76. The number of rotatable bonds is 5. The van der Waals surface area contributed by atoms with Crippen molar-refractivity contribution in [1.82, 2.24) is 9.78 Å². The fourth-order valence-electron chi connectivity index (χ4n) is 1.82. The Labute approximate surface area is 123 Å². The Morgan fingerprint density at radius 1 is 1.30 bits per heavy atom. The smallest absolute Gasteiger partial charge is 0.263 e. The molecule has 0 amide bonds. The van der Waals surface area contributed by atoms with E-state index in [1.807, 2.05) is 13.8 Å². The highest BCUT2D eigenvalue weighted by molar-refractivity contribution is 7.92. The Balaban J connectivity index is 2.30. The first kappa shape index (κ1) is 14.9. The molecule has 0 saturated carbocycles. The summed E-state index contributed by atoms with van der Waals surface area (Å²) in [6, 6.07) is 7.74. The summed E-state index contributed by atoms with van der Waals surface area (Å²) in [6.07, 6.45) is 0.872. The maximum absolute atomic E-state index is 12.3. The number of benzene rings is 1. The largest absolute Gasteiger partial charge is 0.264 e. The fraction of sp³-hybridized carbons (Fsp3) is 0.308. The summed E-state index contributed by atoms with van der Waals surface area (Å²) in [5.41, 5.74) is 0.771. The monoisotopic (exact) mass is 313 g/mol. The first-order valence-corrected chi connectivity index (χ1v) is 8.11. The molecule has 0 bridgehead atoms. The SMILES string of the molecule is CCCn1nc(C)cc1NS(=O)(=O)c1ccc(Cl)cc1. The number of nitrogens with one attached hydrogen (secondary N) is 1. The van der Waals surface area contributed by atoms with Gasteiger partial charge in [-0.3, -0.25) is 4.72 Å². The minimum absolute atomic E-state index is 0.170. The van der Waals surface area contributed by atoms with Gasteiger partial charge in [-0.1, -0.05) is 18.5 Å². The summed E-state index contributed by atoms with van der Waals surface area (Å²) in [6.45, 7) is 4.49. The first-order valence-electron chi connectivity index (χ1n) is 6.25. The van der Waals surface area contributed by atoms with Crippen LogP contribution in [-0.2, 0) is 16.6 Å². The Kier molecular flexibility index (Phi) is 4.35. The van der Waals surface area contributed by atoms with Crippen LogP contribution in [0.1, 0.15) is 19.0 Å². The lowest BCUT2D eigenvalue weighted by atomic mass is 10.4. The number of halogens is 1. The molecule has 0 saturated heterocycles. The number of hydrogen-bond donors (Lipinski definition) is 1. The molecule has 0 radical (unpaired) electrons. The van der Waals surface area contributed by atoms with Gasteiger partial charge in [-0.05, 0) is 37.6 Å². The van der Waals surface area contributed by atoms with Gasteiger partial charge in [-0.15, -0.1) is 0 Å². The Hall–Kier alpha value is -1.53. The maximum Gasteiger partial charge on any atom is 0.263 e. The number of sulfonamides is 1. The van der Waals surface area contributed by atoms with Crippen LogP contribution in [0.2, 0.25) is 5.02 Å². The van der Waals surface area contributed by atoms with Crippen molar-refractivity contribution < 1.29 is 8.42 Å². The predicted octanol–water partition coefficient (Wildman–Crippen LogP) is 3.06. The summed E-state index contributed by atoms with van der Waals surface area (Å²) in [4.78, 5) is 0.170. The third kappa shape index (κ3) is 3.32. The van der Waals surface area contributed by atoms with E-state index in [1.54, 1.807) is 22.9 Å². The second kappa shape index (κ2) is 5.85. The normalized spacial score (nSPS) is 11.6. The highest BCUT2D eigenvalue weighted by Gasteiger charge is 2.17. The summed E-state index contributed by atoms with van der Waals surface area (Å²) < 4.78 is 28.8. The van der Waals surface area contributed by atoms with E-state index in [9.17, 15) is 8.42 Å². The van der Waals surface area contributed by atoms with E-state index in [1.165, 1.54) is 12.1 Å². The average molecular weight is 314 g/mol. The van der Waals surface area contributed by atoms with Gasteiger partial charge in [-0.25, -0.2) is 13.1 Å². The molecule has 0 fully saturated rings. The Morgan fingerprint density at radius 2 is 1.95 bits per heavy atom. The molecule has 0 aliphatic rings. The van der Waals surface area contributed by atoms with Crippen LogP contribution in [0.4, 0.5) is 5.82 Å². The van der Waals surface area contributed by atoms with Gasteiger partial charge in [0.15, 0.2) is 0 Å². The van der Waals surface area contributed by atoms with Crippen molar-refractivity contribution >= 4 is 27.4 Å². The quantitative estimate of drug-likeness (QED) is 0.922. The van der Waals surface area contributed by atoms with Crippen molar-refractivity contribution in [2.45, 2.75) is 31.7 Å². The molecule has 0 unspecified atom stereocenters. The number of aromatic nitrogens is 2. The molecule has 20 heavy (non-hydrogen) atoms. The lowest BCUT2D eigenvalue weighted by Gasteiger charge is -2.10. The van der Waals surface area contributed by atoms with Gasteiger partial charge in [-0.2, -0.15) is 5.10 Å². The molecule has 0 spiro atoms. The van der Waals surface area contributed by atoms with Crippen molar-refractivity contribution in [3.63, 3.8) is 0 Å². The third-order valence-corrected chi connectivity index (χ3v) is 4.32. The molecule has 1 aromatic heterocycles. The predicted molar refractivity (Wildman–Crippen MR) is 79.5 cm³/mol. The van der Waals surface area contributed by atoms with Crippen LogP contribution >= 0.6 is 11.6 Å². The second-order valence-electron chi connectivity index (χ2n) is 4.45. The minimum atomic E-state index is -3.63. The molecule has 2 rings (SSSR count). The summed E-state index contributed by atoms with van der Waals surface area (Å²) in [5, 5.41) is 4.76. The van der Waals surface area contributed by atoms with Crippen molar-refractivity contribution in [3.05, 3.63) is 41.0 Å².